The number of piperazine rings is 1. The molecule has 5 rings (SSSR count). The van der Waals surface area contributed by atoms with Gasteiger partial charge in [0.2, 0.25) is 12.7 Å². The van der Waals surface area contributed by atoms with E-state index in [2.05, 4.69) is 15.9 Å². The zero-order chi connectivity index (χ0) is 20.7. The second-order valence-electron chi connectivity index (χ2n) is 8.83. The van der Waals surface area contributed by atoms with E-state index in [9.17, 15) is 13.2 Å². The molecule has 1 atom stereocenters. The molecular weight excluding hydrogens is 406 g/mol. The summed E-state index contributed by atoms with van der Waals surface area (Å²) in [6.07, 6.45) is 2.60. The van der Waals surface area contributed by atoms with Crippen LogP contribution in [-0.2, 0) is 21.2 Å². The fraction of sp³-hybridized carbons (Fsp3) is 0.667. The van der Waals surface area contributed by atoms with Crippen molar-refractivity contribution in [3.05, 3.63) is 23.8 Å². The Morgan fingerprint density at radius 1 is 1.00 bits per heavy atom. The molecule has 1 saturated carbocycles. The molecule has 164 valence electrons. The number of fused-ring (bicyclic) bond motifs is 1. The predicted octanol–water partition coefficient (Wildman–Crippen LogP) is 0.711. The van der Waals surface area contributed by atoms with Gasteiger partial charge < -0.3 is 14.4 Å². The van der Waals surface area contributed by atoms with E-state index >= 15 is 0 Å². The third-order valence-electron chi connectivity index (χ3n) is 6.50. The highest BCUT2D eigenvalue weighted by molar-refractivity contribution is 7.91. The van der Waals surface area contributed by atoms with Crippen molar-refractivity contribution in [2.75, 3.05) is 51.0 Å². The molecule has 3 aliphatic heterocycles. The zero-order valence-corrected chi connectivity index (χ0v) is 18.0. The molecule has 1 aliphatic carbocycles. The highest BCUT2D eigenvalue weighted by atomic mass is 32.2. The molecule has 3 heterocycles. The summed E-state index contributed by atoms with van der Waals surface area (Å²) in [6, 6.07) is 6.21. The minimum atomic E-state index is -2.98. The summed E-state index contributed by atoms with van der Waals surface area (Å²) in [5.41, 5.74) is 1.20. The van der Waals surface area contributed by atoms with Gasteiger partial charge in [0.25, 0.3) is 0 Å². The lowest BCUT2D eigenvalue weighted by Gasteiger charge is -2.36. The maximum Gasteiger partial charge on any atom is 0.237 e. The molecule has 1 aromatic rings. The van der Waals surface area contributed by atoms with Crippen LogP contribution in [0.25, 0.3) is 0 Å². The van der Waals surface area contributed by atoms with Crippen molar-refractivity contribution in [1.29, 1.82) is 0 Å². The van der Waals surface area contributed by atoms with Crippen molar-refractivity contribution >= 4 is 15.7 Å². The Morgan fingerprint density at radius 3 is 2.43 bits per heavy atom. The number of hydrogen-bond donors (Lipinski definition) is 0. The molecule has 2 saturated heterocycles. The van der Waals surface area contributed by atoms with Crippen LogP contribution >= 0.6 is 0 Å². The molecule has 8 nitrogen and oxygen atoms in total. The smallest absolute Gasteiger partial charge is 0.237 e. The molecule has 0 unspecified atom stereocenters. The first kappa shape index (κ1) is 20.1. The summed E-state index contributed by atoms with van der Waals surface area (Å²) in [4.78, 5) is 19.5. The van der Waals surface area contributed by atoms with Crippen LogP contribution in [0.5, 0.6) is 11.5 Å². The van der Waals surface area contributed by atoms with Crippen molar-refractivity contribution in [2.45, 2.75) is 37.9 Å². The van der Waals surface area contributed by atoms with E-state index in [1.807, 2.05) is 17.0 Å². The topological polar surface area (TPSA) is 79.4 Å². The summed E-state index contributed by atoms with van der Waals surface area (Å²) in [7, 11) is -2.98. The minimum absolute atomic E-state index is 0.101. The molecule has 30 heavy (non-hydrogen) atoms. The van der Waals surface area contributed by atoms with Crippen LogP contribution in [-0.4, -0.2) is 92.1 Å². The zero-order valence-electron chi connectivity index (χ0n) is 17.2. The Bertz CT molecular complexity index is 909. The Kier molecular flexibility index (Phi) is 5.37. The van der Waals surface area contributed by atoms with Crippen molar-refractivity contribution in [1.82, 2.24) is 14.7 Å². The third kappa shape index (κ3) is 4.43. The second kappa shape index (κ2) is 8.01. The molecule has 0 radical (unpaired) electrons. The van der Waals surface area contributed by atoms with Crippen LogP contribution in [0.2, 0.25) is 0 Å². The third-order valence-corrected chi connectivity index (χ3v) is 8.25. The number of ether oxygens (including phenoxy) is 2. The van der Waals surface area contributed by atoms with Gasteiger partial charge in [-0.25, -0.2) is 8.42 Å². The summed E-state index contributed by atoms with van der Waals surface area (Å²) in [5.74, 6) is 2.07. The number of benzene rings is 1. The van der Waals surface area contributed by atoms with Crippen LogP contribution in [0.3, 0.4) is 0 Å². The molecule has 0 aromatic heterocycles. The van der Waals surface area contributed by atoms with Gasteiger partial charge in [0.05, 0.1) is 18.1 Å². The van der Waals surface area contributed by atoms with Gasteiger partial charge in [-0.3, -0.25) is 14.6 Å². The number of hydrogen-bond acceptors (Lipinski definition) is 7. The van der Waals surface area contributed by atoms with Gasteiger partial charge in [-0.15, -0.1) is 0 Å². The number of sulfone groups is 1. The normalized spacial score (nSPS) is 26.1. The first-order chi connectivity index (χ1) is 14.5. The Labute approximate surface area is 177 Å². The number of carbonyl (C=O) groups excluding carboxylic acids is 1. The molecule has 4 aliphatic rings. The lowest BCUT2D eigenvalue weighted by atomic mass is 10.1. The van der Waals surface area contributed by atoms with E-state index in [1.165, 1.54) is 5.56 Å². The summed E-state index contributed by atoms with van der Waals surface area (Å²) < 4.78 is 34.6. The van der Waals surface area contributed by atoms with Crippen LogP contribution in [0.15, 0.2) is 18.2 Å². The first-order valence-electron chi connectivity index (χ1n) is 10.8. The van der Waals surface area contributed by atoms with E-state index in [1.54, 1.807) is 0 Å². The standard InChI is InChI=1S/C21H29N3O5S/c25-21(24(17-2-3-17)18-5-10-30(26,27)14-18)13-23-8-6-22(7-9-23)12-16-1-4-19-20(11-16)29-15-28-19/h1,4,11,17-18H,2-3,5-10,12-15H2/t18-/m1/s1. The van der Waals surface area contributed by atoms with E-state index in [4.69, 9.17) is 9.47 Å². The predicted molar refractivity (Wildman–Crippen MR) is 111 cm³/mol. The molecule has 0 spiro atoms. The molecule has 3 fully saturated rings. The fourth-order valence-electron chi connectivity index (χ4n) is 4.73. The van der Waals surface area contributed by atoms with Gasteiger partial charge in [0.15, 0.2) is 21.3 Å². The summed E-state index contributed by atoms with van der Waals surface area (Å²) in [6.45, 7) is 5.04. The maximum absolute atomic E-state index is 13.0. The van der Waals surface area contributed by atoms with Gasteiger partial charge >= 0.3 is 0 Å². The van der Waals surface area contributed by atoms with Gasteiger partial charge in [-0.2, -0.15) is 0 Å². The molecule has 0 N–H and O–H groups in total. The van der Waals surface area contributed by atoms with E-state index in [-0.39, 0.29) is 36.3 Å². The average molecular weight is 436 g/mol. The number of carbonyl (C=O) groups is 1. The van der Waals surface area contributed by atoms with Crippen molar-refractivity contribution in [2.24, 2.45) is 0 Å². The Balaban J connectivity index is 1.13. The summed E-state index contributed by atoms with van der Waals surface area (Å²) >= 11 is 0. The molecular formula is C21H29N3O5S. The van der Waals surface area contributed by atoms with Gasteiger partial charge in [0.1, 0.15) is 0 Å². The van der Waals surface area contributed by atoms with Crippen molar-refractivity contribution in [3.63, 3.8) is 0 Å². The largest absolute Gasteiger partial charge is 0.454 e. The second-order valence-corrected chi connectivity index (χ2v) is 11.1. The van der Waals surface area contributed by atoms with Gasteiger partial charge in [-0.1, -0.05) is 6.07 Å². The van der Waals surface area contributed by atoms with Crippen LogP contribution in [0.4, 0.5) is 0 Å². The quantitative estimate of drug-likeness (QED) is 0.651. The SMILES string of the molecule is O=C(CN1CCN(Cc2ccc3c(c2)OCO3)CC1)N(C1CC1)[C@@H]1CCS(=O)(=O)C1. The lowest BCUT2D eigenvalue weighted by molar-refractivity contribution is -0.135. The van der Waals surface area contributed by atoms with E-state index in [0.717, 1.165) is 57.1 Å². The monoisotopic (exact) mass is 435 g/mol. The van der Waals surface area contributed by atoms with Gasteiger partial charge in [-0.05, 0) is 37.0 Å². The van der Waals surface area contributed by atoms with E-state index in [0.29, 0.717) is 13.0 Å². The molecule has 0 bridgehead atoms. The highest BCUT2D eigenvalue weighted by Crippen LogP contribution is 2.33. The average Bonchev–Trinajstić information content (AvgIpc) is 3.31. The van der Waals surface area contributed by atoms with E-state index < -0.39 is 9.84 Å². The Hall–Kier alpha value is -1.84. The number of amides is 1. The van der Waals surface area contributed by atoms with Crippen LogP contribution in [0.1, 0.15) is 24.8 Å². The minimum Gasteiger partial charge on any atom is -0.454 e. The lowest BCUT2D eigenvalue weighted by Crippen LogP contribution is -2.52. The maximum atomic E-state index is 13.0. The van der Waals surface area contributed by atoms with Crippen molar-refractivity contribution < 1.29 is 22.7 Å². The van der Waals surface area contributed by atoms with Crippen molar-refractivity contribution in [3.8, 4) is 11.5 Å². The summed E-state index contributed by atoms with van der Waals surface area (Å²) in [5, 5.41) is 0. The Morgan fingerprint density at radius 2 is 1.73 bits per heavy atom. The molecule has 1 amide bonds. The molecule has 1 aromatic carbocycles. The van der Waals surface area contributed by atoms with Gasteiger partial charge in [0, 0.05) is 44.8 Å². The van der Waals surface area contributed by atoms with Crippen LogP contribution < -0.4 is 9.47 Å². The highest BCUT2D eigenvalue weighted by Gasteiger charge is 2.42. The number of rotatable bonds is 6. The fourth-order valence-corrected chi connectivity index (χ4v) is 6.44. The van der Waals surface area contributed by atoms with Crippen LogP contribution in [0, 0.1) is 0 Å². The first-order valence-corrected chi connectivity index (χ1v) is 12.6. The molecule has 9 heteroatoms. The number of nitrogens with zero attached hydrogens (tertiary/aromatic N) is 3.